The number of aliphatic hydroxyl groups excluding tert-OH is 1. The summed E-state index contributed by atoms with van der Waals surface area (Å²) in [4.78, 5) is 14.3. The second-order valence-electron chi connectivity index (χ2n) is 6.38. The van der Waals surface area contributed by atoms with Crippen molar-refractivity contribution in [2.75, 3.05) is 26.3 Å². The fourth-order valence-corrected chi connectivity index (χ4v) is 3.53. The van der Waals surface area contributed by atoms with Crippen LogP contribution in [0.1, 0.15) is 36.8 Å². The van der Waals surface area contributed by atoms with Gasteiger partial charge in [0.1, 0.15) is 5.75 Å². The normalized spacial score (nSPS) is 20.0. The molecule has 126 valence electrons. The molecule has 5 heteroatoms. The molecule has 0 radical (unpaired) electrons. The minimum atomic E-state index is 0.00708. The van der Waals surface area contributed by atoms with Crippen LogP contribution in [0.25, 0.3) is 0 Å². The number of ether oxygens (including phenoxy) is 1. The first-order valence-corrected chi connectivity index (χ1v) is 8.68. The monoisotopic (exact) mass is 318 g/mol. The highest BCUT2D eigenvalue weighted by Crippen LogP contribution is 2.26. The van der Waals surface area contributed by atoms with E-state index in [0.29, 0.717) is 13.0 Å². The van der Waals surface area contributed by atoms with E-state index in [1.165, 1.54) is 11.1 Å². The number of hydrogen-bond donors (Lipinski definition) is 2. The molecule has 0 aromatic heterocycles. The van der Waals surface area contributed by atoms with Gasteiger partial charge in [-0.1, -0.05) is 12.1 Å². The molecule has 1 saturated heterocycles. The van der Waals surface area contributed by atoms with Crippen LogP contribution in [0.5, 0.6) is 5.75 Å². The standard InChI is InChI=1S/C18H26N2O3/c21-11-7-16-3-1-2-10-20(16)18(22)19-9-6-14-4-5-17-15(13-14)8-12-23-17/h4-5,13,16,21H,1-3,6-12H2,(H,19,22). The van der Waals surface area contributed by atoms with Gasteiger partial charge in [0.05, 0.1) is 6.61 Å². The molecule has 1 fully saturated rings. The van der Waals surface area contributed by atoms with Gasteiger partial charge in [0, 0.05) is 32.2 Å². The van der Waals surface area contributed by atoms with Gasteiger partial charge in [-0.25, -0.2) is 4.79 Å². The van der Waals surface area contributed by atoms with Crippen molar-refractivity contribution in [3.05, 3.63) is 29.3 Å². The lowest BCUT2D eigenvalue weighted by Gasteiger charge is -2.35. The molecule has 1 aromatic carbocycles. The van der Waals surface area contributed by atoms with Crippen LogP contribution in [0.2, 0.25) is 0 Å². The molecule has 0 spiro atoms. The van der Waals surface area contributed by atoms with Crippen LogP contribution in [0.15, 0.2) is 18.2 Å². The van der Waals surface area contributed by atoms with Crippen molar-refractivity contribution in [2.45, 2.75) is 44.6 Å². The zero-order chi connectivity index (χ0) is 16.1. The quantitative estimate of drug-likeness (QED) is 0.874. The first-order valence-electron chi connectivity index (χ1n) is 8.68. The molecular formula is C18H26N2O3. The number of likely N-dealkylation sites (tertiary alicyclic amines) is 1. The number of hydrogen-bond acceptors (Lipinski definition) is 3. The molecule has 3 rings (SSSR count). The number of piperidine rings is 1. The Labute approximate surface area is 137 Å². The van der Waals surface area contributed by atoms with Gasteiger partial charge in [-0.15, -0.1) is 0 Å². The second-order valence-corrected chi connectivity index (χ2v) is 6.38. The van der Waals surface area contributed by atoms with Gasteiger partial charge in [-0.3, -0.25) is 0 Å². The number of carbonyl (C=O) groups is 1. The summed E-state index contributed by atoms with van der Waals surface area (Å²) in [6.45, 7) is 2.36. The van der Waals surface area contributed by atoms with Crippen LogP contribution in [-0.2, 0) is 12.8 Å². The van der Waals surface area contributed by atoms with E-state index in [0.717, 1.165) is 51.0 Å². The van der Waals surface area contributed by atoms with Crippen LogP contribution in [0.3, 0.4) is 0 Å². The van der Waals surface area contributed by atoms with Crippen LogP contribution in [0.4, 0.5) is 4.79 Å². The summed E-state index contributed by atoms with van der Waals surface area (Å²) < 4.78 is 5.51. The number of amides is 2. The van der Waals surface area contributed by atoms with E-state index in [4.69, 9.17) is 9.84 Å². The summed E-state index contributed by atoms with van der Waals surface area (Å²) in [5.74, 6) is 0.998. The smallest absolute Gasteiger partial charge is 0.317 e. The molecule has 1 unspecified atom stereocenters. The number of nitrogens with zero attached hydrogens (tertiary/aromatic N) is 1. The van der Waals surface area contributed by atoms with Crippen molar-refractivity contribution in [3.63, 3.8) is 0 Å². The van der Waals surface area contributed by atoms with Gasteiger partial charge in [-0.2, -0.15) is 0 Å². The Bertz CT molecular complexity index is 545. The number of rotatable bonds is 5. The minimum absolute atomic E-state index is 0.00708. The lowest BCUT2D eigenvalue weighted by Crippen LogP contribution is -2.49. The van der Waals surface area contributed by atoms with Gasteiger partial charge >= 0.3 is 6.03 Å². The third kappa shape index (κ3) is 3.96. The van der Waals surface area contributed by atoms with E-state index in [1.807, 2.05) is 11.0 Å². The van der Waals surface area contributed by atoms with Gasteiger partial charge < -0.3 is 20.1 Å². The third-order valence-corrected chi connectivity index (χ3v) is 4.79. The third-order valence-electron chi connectivity index (χ3n) is 4.79. The molecule has 0 saturated carbocycles. The Kier molecular flexibility index (Phi) is 5.39. The highest BCUT2D eigenvalue weighted by molar-refractivity contribution is 5.74. The number of carbonyl (C=O) groups excluding carboxylic acids is 1. The highest BCUT2D eigenvalue weighted by atomic mass is 16.5. The summed E-state index contributed by atoms with van der Waals surface area (Å²) in [7, 11) is 0. The van der Waals surface area contributed by atoms with Crippen molar-refractivity contribution in [3.8, 4) is 5.75 Å². The number of urea groups is 1. The largest absolute Gasteiger partial charge is 0.493 e. The van der Waals surface area contributed by atoms with Crippen molar-refractivity contribution < 1.29 is 14.6 Å². The first-order chi connectivity index (χ1) is 11.3. The Hall–Kier alpha value is -1.75. The molecule has 23 heavy (non-hydrogen) atoms. The molecule has 2 N–H and O–H groups in total. The van der Waals surface area contributed by atoms with E-state index in [2.05, 4.69) is 17.4 Å². The predicted molar refractivity (Wildman–Crippen MR) is 88.8 cm³/mol. The fraction of sp³-hybridized carbons (Fsp3) is 0.611. The molecule has 2 amide bonds. The molecule has 2 heterocycles. The zero-order valence-corrected chi connectivity index (χ0v) is 13.6. The lowest BCUT2D eigenvalue weighted by atomic mass is 10.0. The maximum absolute atomic E-state index is 12.4. The summed E-state index contributed by atoms with van der Waals surface area (Å²) in [5.41, 5.74) is 2.51. The zero-order valence-electron chi connectivity index (χ0n) is 13.6. The summed E-state index contributed by atoms with van der Waals surface area (Å²) in [6, 6.07) is 6.48. The second kappa shape index (κ2) is 7.68. The van der Waals surface area contributed by atoms with Gasteiger partial charge in [-0.05, 0) is 49.3 Å². The average Bonchev–Trinajstić information content (AvgIpc) is 3.03. The van der Waals surface area contributed by atoms with Gasteiger partial charge in [0.25, 0.3) is 0 Å². The topological polar surface area (TPSA) is 61.8 Å². The Morgan fingerprint density at radius 2 is 2.30 bits per heavy atom. The fourth-order valence-electron chi connectivity index (χ4n) is 3.53. The Morgan fingerprint density at radius 1 is 1.39 bits per heavy atom. The molecule has 1 atom stereocenters. The summed E-state index contributed by atoms with van der Waals surface area (Å²) in [6.07, 6.45) is 5.69. The average molecular weight is 318 g/mol. The van der Waals surface area contributed by atoms with Crippen LogP contribution >= 0.6 is 0 Å². The van der Waals surface area contributed by atoms with E-state index in [9.17, 15) is 4.79 Å². The number of fused-ring (bicyclic) bond motifs is 1. The summed E-state index contributed by atoms with van der Waals surface area (Å²) in [5, 5.41) is 12.2. The molecule has 1 aromatic rings. The van der Waals surface area contributed by atoms with E-state index >= 15 is 0 Å². The van der Waals surface area contributed by atoms with Crippen molar-refractivity contribution >= 4 is 6.03 Å². The lowest BCUT2D eigenvalue weighted by molar-refractivity contribution is 0.132. The van der Waals surface area contributed by atoms with E-state index < -0.39 is 0 Å². The predicted octanol–water partition coefficient (Wildman–Crippen LogP) is 2.11. The van der Waals surface area contributed by atoms with Crippen LogP contribution in [-0.4, -0.2) is 48.4 Å². The number of nitrogens with one attached hydrogen (secondary N) is 1. The maximum Gasteiger partial charge on any atom is 0.317 e. The molecule has 0 aliphatic carbocycles. The van der Waals surface area contributed by atoms with Crippen molar-refractivity contribution in [1.82, 2.24) is 10.2 Å². The molecule has 2 aliphatic rings. The highest BCUT2D eigenvalue weighted by Gasteiger charge is 2.25. The van der Waals surface area contributed by atoms with Gasteiger partial charge in [0.2, 0.25) is 0 Å². The minimum Gasteiger partial charge on any atom is -0.493 e. The molecule has 2 aliphatic heterocycles. The Morgan fingerprint density at radius 3 is 3.17 bits per heavy atom. The van der Waals surface area contributed by atoms with Crippen molar-refractivity contribution in [2.24, 2.45) is 0 Å². The van der Waals surface area contributed by atoms with E-state index in [-0.39, 0.29) is 18.7 Å². The molecule has 5 nitrogen and oxygen atoms in total. The molecule has 0 bridgehead atoms. The number of aliphatic hydroxyl groups is 1. The Balaban J connectivity index is 1.48. The van der Waals surface area contributed by atoms with Crippen LogP contribution < -0.4 is 10.1 Å². The summed E-state index contributed by atoms with van der Waals surface area (Å²) >= 11 is 0. The first kappa shape index (κ1) is 16.1. The van der Waals surface area contributed by atoms with E-state index in [1.54, 1.807) is 0 Å². The number of benzene rings is 1. The van der Waals surface area contributed by atoms with Crippen molar-refractivity contribution in [1.29, 1.82) is 0 Å². The molecular weight excluding hydrogens is 292 g/mol. The van der Waals surface area contributed by atoms with Gasteiger partial charge in [0.15, 0.2) is 0 Å². The van der Waals surface area contributed by atoms with Crippen LogP contribution in [0, 0.1) is 0 Å². The maximum atomic E-state index is 12.4. The SMILES string of the molecule is O=C(NCCc1ccc2c(c1)CCO2)N1CCCCC1CCO.